The van der Waals surface area contributed by atoms with Crippen LogP contribution in [0.15, 0.2) is 36.4 Å². The minimum Gasteiger partial charge on any atom is -0.490 e. The summed E-state index contributed by atoms with van der Waals surface area (Å²) in [7, 11) is 0. The number of fused-ring (bicyclic) bond motifs is 1. The zero-order valence-corrected chi connectivity index (χ0v) is 12.3. The molecule has 20 heavy (non-hydrogen) atoms. The SMILES string of the molecule is CC(C)NC(C)c1ccc2ccccc2c1OCCF. The van der Waals surface area contributed by atoms with E-state index in [1.807, 2.05) is 24.3 Å². The molecule has 0 spiro atoms. The maximum atomic E-state index is 12.5. The van der Waals surface area contributed by atoms with Crippen LogP contribution in [0.2, 0.25) is 0 Å². The van der Waals surface area contributed by atoms with E-state index in [1.165, 1.54) is 0 Å². The number of ether oxygens (including phenoxy) is 1. The van der Waals surface area contributed by atoms with E-state index in [2.05, 4.69) is 38.2 Å². The molecule has 0 amide bonds. The number of alkyl halides is 1. The highest BCUT2D eigenvalue weighted by molar-refractivity contribution is 5.89. The molecule has 0 aliphatic carbocycles. The van der Waals surface area contributed by atoms with Gasteiger partial charge in [0.1, 0.15) is 19.0 Å². The van der Waals surface area contributed by atoms with E-state index in [4.69, 9.17) is 4.74 Å². The van der Waals surface area contributed by atoms with Gasteiger partial charge in [0.05, 0.1) is 0 Å². The molecular formula is C17H22FNO. The van der Waals surface area contributed by atoms with Crippen LogP contribution in [0.3, 0.4) is 0 Å². The van der Waals surface area contributed by atoms with E-state index in [1.54, 1.807) is 0 Å². The summed E-state index contributed by atoms with van der Waals surface area (Å²) in [6, 6.07) is 12.7. The standard InChI is InChI=1S/C17H22FNO/c1-12(2)19-13(3)15-9-8-14-6-4-5-7-16(14)17(15)20-11-10-18/h4-9,12-13,19H,10-11H2,1-3H3. The largest absolute Gasteiger partial charge is 0.490 e. The number of rotatable bonds is 6. The van der Waals surface area contributed by atoms with Gasteiger partial charge < -0.3 is 10.1 Å². The maximum absolute atomic E-state index is 12.5. The zero-order valence-electron chi connectivity index (χ0n) is 12.3. The number of halogens is 1. The molecule has 0 heterocycles. The fraction of sp³-hybridized carbons (Fsp3) is 0.412. The molecule has 2 aromatic rings. The van der Waals surface area contributed by atoms with Gasteiger partial charge in [-0.25, -0.2) is 4.39 Å². The quantitative estimate of drug-likeness (QED) is 0.851. The number of hydrogen-bond donors (Lipinski definition) is 1. The first kappa shape index (κ1) is 14.8. The average Bonchev–Trinajstić information content (AvgIpc) is 2.43. The van der Waals surface area contributed by atoms with Crippen LogP contribution in [0.25, 0.3) is 10.8 Å². The molecule has 0 saturated carbocycles. The molecule has 108 valence electrons. The van der Waals surface area contributed by atoms with Gasteiger partial charge in [-0.3, -0.25) is 0 Å². The molecule has 2 rings (SSSR count). The molecule has 2 nitrogen and oxygen atoms in total. The van der Waals surface area contributed by atoms with Crippen molar-refractivity contribution in [1.82, 2.24) is 5.32 Å². The van der Waals surface area contributed by atoms with Crippen molar-refractivity contribution in [3.8, 4) is 5.75 Å². The lowest BCUT2D eigenvalue weighted by Crippen LogP contribution is -2.26. The molecule has 0 aliphatic heterocycles. The lowest BCUT2D eigenvalue weighted by Gasteiger charge is -2.21. The lowest BCUT2D eigenvalue weighted by molar-refractivity contribution is 0.271. The fourth-order valence-electron chi connectivity index (χ4n) is 2.49. The lowest BCUT2D eigenvalue weighted by atomic mass is 10.0. The number of benzene rings is 2. The van der Waals surface area contributed by atoms with E-state index in [-0.39, 0.29) is 12.6 Å². The van der Waals surface area contributed by atoms with Crippen LogP contribution in [-0.4, -0.2) is 19.3 Å². The molecule has 0 radical (unpaired) electrons. The van der Waals surface area contributed by atoms with Gasteiger partial charge in [0.25, 0.3) is 0 Å². The van der Waals surface area contributed by atoms with Gasteiger partial charge in [-0.05, 0) is 12.3 Å². The summed E-state index contributed by atoms with van der Waals surface area (Å²) in [5.41, 5.74) is 1.07. The summed E-state index contributed by atoms with van der Waals surface area (Å²) >= 11 is 0. The minimum absolute atomic E-state index is 0.0927. The van der Waals surface area contributed by atoms with Gasteiger partial charge in [-0.15, -0.1) is 0 Å². The van der Waals surface area contributed by atoms with Gasteiger partial charge in [-0.2, -0.15) is 0 Å². The van der Waals surface area contributed by atoms with Crippen LogP contribution in [0.5, 0.6) is 5.75 Å². The average molecular weight is 275 g/mol. The number of hydrogen-bond acceptors (Lipinski definition) is 2. The Morgan fingerprint density at radius 1 is 1.10 bits per heavy atom. The highest BCUT2D eigenvalue weighted by atomic mass is 19.1. The molecule has 2 aromatic carbocycles. The van der Waals surface area contributed by atoms with E-state index in [0.717, 1.165) is 22.1 Å². The highest BCUT2D eigenvalue weighted by Gasteiger charge is 2.15. The van der Waals surface area contributed by atoms with Gasteiger partial charge >= 0.3 is 0 Å². The third-order valence-electron chi connectivity index (χ3n) is 3.28. The van der Waals surface area contributed by atoms with Crippen LogP contribution in [-0.2, 0) is 0 Å². The monoisotopic (exact) mass is 275 g/mol. The summed E-state index contributed by atoms with van der Waals surface area (Å²) in [4.78, 5) is 0. The van der Waals surface area contributed by atoms with Gasteiger partial charge in [0.15, 0.2) is 0 Å². The molecule has 1 N–H and O–H groups in total. The first-order valence-electron chi connectivity index (χ1n) is 7.10. The molecule has 0 aromatic heterocycles. The van der Waals surface area contributed by atoms with Gasteiger partial charge in [0, 0.05) is 23.0 Å². The third kappa shape index (κ3) is 3.28. The second-order valence-corrected chi connectivity index (χ2v) is 5.29. The van der Waals surface area contributed by atoms with Crippen molar-refractivity contribution in [2.45, 2.75) is 32.9 Å². The van der Waals surface area contributed by atoms with Gasteiger partial charge in [0.2, 0.25) is 0 Å². The zero-order chi connectivity index (χ0) is 14.5. The van der Waals surface area contributed by atoms with Crippen molar-refractivity contribution in [2.24, 2.45) is 0 Å². The first-order valence-corrected chi connectivity index (χ1v) is 7.10. The molecule has 0 fully saturated rings. The molecule has 0 saturated heterocycles. The molecule has 1 atom stereocenters. The molecule has 3 heteroatoms. The Kier molecular flexibility index (Phi) is 4.96. The Bertz CT molecular complexity index is 568. The summed E-state index contributed by atoms with van der Waals surface area (Å²) in [5.74, 6) is 0.793. The van der Waals surface area contributed by atoms with Crippen LogP contribution in [0.1, 0.15) is 32.4 Å². The third-order valence-corrected chi connectivity index (χ3v) is 3.28. The van der Waals surface area contributed by atoms with Crippen molar-refractivity contribution in [3.05, 3.63) is 42.0 Å². The van der Waals surface area contributed by atoms with Crippen molar-refractivity contribution >= 4 is 10.8 Å². The van der Waals surface area contributed by atoms with E-state index >= 15 is 0 Å². The predicted octanol–water partition coefficient (Wildman–Crippen LogP) is 4.25. The second kappa shape index (κ2) is 6.71. The van der Waals surface area contributed by atoms with Crippen molar-refractivity contribution in [1.29, 1.82) is 0 Å². The topological polar surface area (TPSA) is 21.3 Å². The van der Waals surface area contributed by atoms with E-state index in [0.29, 0.717) is 6.04 Å². The van der Waals surface area contributed by atoms with Crippen molar-refractivity contribution in [2.75, 3.05) is 13.3 Å². The maximum Gasteiger partial charge on any atom is 0.132 e. The number of nitrogens with one attached hydrogen (secondary N) is 1. The smallest absolute Gasteiger partial charge is 0.132 e. The molecule has 0 aliphatic rings. The van der Waals surface area contributed by atoms with E-state index in [9.17, 15) is 4.39 Å². The van der Waals surface area contributed by atoms with Crippen LogP contribution in [0.4, 0.5) is 4.39 Å². The Labute approximate surface area is 119 Å². The molecular weight excluding hydrogens is 253 g/mol. The van der Waals surface area contributed by atoms with Crippen LogP contribution in [0, 0.1) is 0 Å². The Balaban J connectivity index is 2.46. The first-order chi connectivity index (χ1) is 9.63. The second-order valence-electron chi connectivity index (χ2n) is 5.29. The van der Waals surface area contributed by atoms with E-state index < -0.39 is 6.67 Å². The van der Waals surface area contributed by atoms with Gasteiger partial charge in [-0.1, -0.05) is 50.2 Å². The minimum atomic E-state index is -0.478. The predicted molar refractivity (Wildman–Crippen MR) is 82.1 cm³/mol. The summed E-state index contributed by atoms with van der Waals surface area (Å²) in [6.45, 7) is 5.94. The van der Waals surface area contributed by atoms with Crippen molar-refractivity contribution < 1.29 is 9.13 Å². The molecule has 0 bridgehead atoms. The summed E-state index contributed by atoms with van der Waals surface area (Å²) in [6.07, 6.45) is 0. The fourth-order valence-corrected chi connectivity index (χ4v) is 2.49. The Morgan fingerprint density at radius 3 is 2.55 bits per heavy atom. The van der Waals surface area contributed by atoms with Crippen LogP contribution >= 0.6 is 0 Å². The highest BCUT2D eigenvalue weighted by Crippen LogP contribution is 2.33. The van der Waals surface area contributed by atoms with Crippen LogP contribution < -0.4 is 10.1 Å². The summed E-state index contributed by atoms with van der Waals surface area (Å²) < 4.78 is 18.2. The Morgan fingerprint density at radius 2 is 1.85 bits per heavy atom. The summed E-state index contributed by atoms with van der Waals surface area (Å²) in [5, 5.41) is 5.62. The normalized spacial score (nSPS) is 12.8. The Hall–Kier alpha value is -1.61. The van der Waals surface area contributed by atoms with Crippen molar-refractivity contribution in [3.63, 3.8) is 0 Å². The molecule has 1 unspecified atom stereocenters.